The van der Waals surface area contributed by atoms with Crippen molar-refractivity contribution in [2.45, 2.75) is 32.2 Å². The highest BCUT2D eigenvalue weighted by atomic mass is 16.5. The third-order valence-corrected chi connectivity index (χ3v) is 3.61. The maximum absolute atomic E-state index is 6.02. The highest BCUT2D eigenvalue weighted by Crippen LogP contribution is 2.45. The maximum Gasteiger partial charge on any atom is 0.191 e. The molecule has 2 rings (SSSR count). The summed E-state index contributed by atoms with van der Waals surface area (Å²) in [5.74, 6) is 2.02. The summed E-state index contributed by atoms with van der Waals surface area (Å²) in [4.78, 5) is 6.73. The molecule has 0 aromatic carbocycles. The molecule has 1 saturated carbocycles. The Kier molecular flexibility index (Phi) is 3.10. The standard InChI is InChI=1S/C12H23N3O/c1-9(2)6-15-11(13)14-7-12(15,8-16-3)10-4-5-10/h9-10H,4-8H2,1-3H3,(H2,13,14). The molecule has 1 aliphatic heterocycles. The summed E-state index contributed by atoms with van der Waals surface area (Å²) >= 11 is 0. The van der Waals surface area contributed by atoms with Gasteiger partial charge in [0.2, 0.25) is 0 Å². The zero-order valence-corrected chi connectivity index (χ0v) is 10.6. The number of methoxy groups -OCH3 is 1. The summed E-state index contributed by atoms with van der Waals surface area (Å²) in [6, 6.07) is 0. The van der Waals surface area contributed by atoms with Crippen molar-refractivity contribution >= 4 is 5.96 Å². The number of hydrogen-bond acceptors (Lipinski definition) is 4. The number of aliphatic imine (C=N–C) groups is 1. The third kappa shape index (κ3) is 1.90. The van der Waals surface area contributed by atoms with Crippen molar-refractivity contribution in [3.8, 4) is 0 Å². The minimum Gasteiger partial charge on any atom is -0.382 e. The van der Waals surface area contributed by atoms with E-state index in [1.807, 2.05) is 0 Å². The second-order valence-corrected chi connectivity index (χ2v) is 5.49. The molecule has 1 atom stereocenters. The predicted molar refractivity (Wildman–Crippen MR) is 65.4 cm³/mol. The van der Waals surface area contributed by atoms with Crippen LogP contribution in [0.2, 0.25) is 0 Å². The minimum atomic E-state index is 0.0586. The summed E-state index contributed by atoms with van der Waals surface area (Å²) in [6.45, 7) is 6.97. The number of nitrogens with zero attached hydrogens (tertiary/aromatic N) is 2. The van der Waals surface area contributed by atoms with Crippen LogP contribution in [-0.4, -0.2) is 43.2 Å². The van der Waals surface area contributed by atoms with Crippen molar-refractivity contribution < 1.29 is 4.74 Å². The average molecular weight is 225 g/mol. The van der Waals surface area contributed by atoms with Gasteiger partial charge in [0, 0.05) is 13.7 Å². The van der Waals surface area contributed by atoms with E-state index in [-0.39, 0.29) is 5.54 Å². The van der Waals surface area contributed by atoms with Crippen LogP contribution in [-0.2, 0) is 4.74 Å². The molecule has 4 nitrogen and oxygen atoms in total. The van der Waals surface area contributed by atoms with E-state index in [1.165, 1.54) is 12.8 Å². The Morgan fingerprint density at radius 1 is 1.56 bits per heavy atom. The van der Waals surface area contributed by atoms with Gasteiger partial charge in [-0.15, -0.1) is 0 Å². The predicted octanol–water partition coefficient (Wildman–Crippen LogP) is 1.07. The molecule has 0 radical (unpaired) electrons. The summed E-state index contributed by atoms with van der Waals surface area (Å²) < 4.78 is 5.42. The Bertz CT molecular complexity index is 286. The van der Waals surface area contributed by atoms with Gasteiger partial charge in [-0.1, -0.05) is 13.8 Å². The van der Waals surface area contributed by atoms with E-state index in [0.717, 1.165) is 25.6 Å². The number of guanidine groups is 1. The van der Waals surface area contributed by atoms with Crippen LogP contribution < -0.4 is 5.73 Å². The number of ether oxygens (including phenoxy) is 1. The molecule has 1 fully saturated rings. The van der Waals surface area contributed by atoms with Crippen molar-refractivity contribution in [1.82, 2.24) is 4.90 Å². The fourth-order valence-corrected chi connectivity index (χ4v) is 2.72. The van der Waals surface area contributed by atoms with Gasteiger partial charge < -0.3 is 15.4 Å². The largest absolute Gasteiger partial charge is 0.382 e. The second kappa shape index (κ2) is 4.24. The Labute approximate surface area is 97.9 Å². The molecular formula is C12H23N3O. The van der Waals surface area contributed by atoms with Gasteiger partial charge in [0.25, 0.3) is 0 Å². The summed E-state index contributed by atoms with van der Waals surface area (Å²) in [5.41, 5.74) is 6.08. The molecule has 16 heavy (non-hydrogen) atoms. The van der Waals surface area contributed by atoms with Gasteiger partial charge in [-0.25, -0.2) is 0 Å². The topological polar surface area (TPSA) is 50.9 Å². The average Bonchev–Trinajstić information content (AvgIpc) is 3.01. The number of hydrogen-bond donors (Lipinski definition) is 1. The number of nitrogens with two attached hydrogens (primary N) is 1. The van der Waals surface area contributed by atoms with Gasteiger partial charge >= 0.3 is 0 Å². The lowest BCUT2D eigenvalue weighted by atomic mass is 9.92. The van der Waals surface area contributed by atoms with Gasteiger partial charge in [0.15, 0.2) is 5.96 Å². The first-order valence-corrected chi connectivity index (χ1v) is 6.16. The fourth-order valence-electron chi connectivity index (χ4n) is 2.72. The van der Waals surface area contributed by atoms with Gasteiger partial charge in [-0.3, -0.25) is 4.99 Å². The molecule has 1 unspecified atom stereocenters. The zero-order valence-electron chi connectivity index (χ0n) is 10.6. The third-order valence-electron chi connectivity index (χ3n) is 3.61. The summed E-state index contributed by atoms with van der Waals surface area (Å²) in [5, 5.41) is 0. The maximum atomic E-state index is 6.02. The second-order valence-electron chi connectivity index (χ2n) is 5.49. The Hall–Kier alpha value is -0.770. The molecule has 4 heteroatoms. The molecule has 2 N–H and O–H groups in total. The van der Waals surface area contributed by atoms with Crippen LogP contribution in [0.1, 0.15) is 26.7 Å². The minimum absolute atomic E-state index is 0.0586. The SMILES string of the molecule is COCC1(C2CC2)CN=C(N)N1CC(C)C. The molecule has 2 aliphatic rings. The van der Waals surface area contributed by atoms with E-state index in [2.05, 4.69) is 23.7 Å². The van der Waals surface area contributed by atoms with Crippen molar-refractivity contribution in [3.05, 3.63) is 0 Å². The summed E-state index contributed by atoms with van der Waals surface area (Å²) in [7, 11) is 1.77. The number of rotatable bonds is 5. The molecule has 0 bridgehead atoms. The first-order valence-electron chi connectivity index (χ1n) is 6.16. The van der Waals surface area contributed by atoms with E-state index >= 15 is 0 Å². The van der Waals surface area contributed by atoms with Crippen LogP contribution in [0, 0.1) is 11.8 Å². The lowest BCUT2D eigenvalue weighted by molar-refractivity contribution is 0.0456. The van der Waals surface area contributed by atoms with Crippen molar-refractivity contribution in [1.29, 1.82) is 0 Å². The first-order chi connectivity index (χ1) is 7.60. The molecular weight excluding hydrogens is 202 g/mol. The highest BCUT2D eigenvalue weighted by Gasteiger charge is 2.52. The monoisotopic (exact) mass is 225 g/mol. The van der Waals surface area contributed by atoms with Crippen molar-refractivity contribution in [2.24, 2.45) is 22.6 Å². The first kappa shape index (κ1) is 11.7. The van der Waals surface area contributed by atoms with Crippen LogP contribution in [0.25, 0.3) is 0 Å². The van der Waals surface area contributed by atoms with E-state index in [0.29, 0.717) is 11.9 Å². The molecule has 0 spiro atoms. The molecule has 1 aliphatic carbocycles. The van der Waals surface area contributed by atoms with Crippen LogP contribution in [0.3, 0.4) is 0 Å². The van der Waals surface area contributed by atoms with Crippen LogP contribution >= 0.6 is 0 Å². The van der Waals surface area contributed by atoms with Crippen molar-refractivity contribution in [3.63, 3.8) is 0 Å². The molecule has 0 saturated heterocycles. The zero-order chi connectivity index (χ0) is 11.8. The van der Waals surface area contributed by atoms with Crippen molar-refractivity contribution in [2.75, 3.05) is 26.8 Å². The normalized spacial score (nSPS) is 30.0. The fraction of sp³-hybridized carbons (Fsp3) is 0.917. The molecule has 0 amide bonds. The molecule has 92 valence electrons. The Morgan fingerprint density at radius 2 is 2.25 bits per heavy atom. The smallest absolute Gasteiger partial charge is 0.191 e. The summed E-state index contributed by atoms with van der Waals surface area (Å²) in [6.07, 6.45) is 2.58. The van der Waals surface area contributed by atoms with Crippen LogP contribution in [0.5, 0.6) is 0 Å². The quantitative estimate of drug-likeness (QED) is 0.761. The molecule has 0 aromatic rings. The van der Waals surface area contributed by atoms with Crippen LogP contribution in [0.15, 0.2) is 4.99 Å². The van der Waals surface area contributed by atoms with Gasteiger partial charge in [-0.2, -0.15) is 0 Å². The Balaban J connectivity index is 2.16. The van der Waals surface area contributed by atoms with Gasteiger partial charge in [0.1, 0.15) is 0 Å². The van der Waals surface area contributed by atoms with E-state index in [4.69, 9.17) is 10.5 Å². The van der Waals surface area contributed by atoms with E-state index in [9.17, 15) is 0 Å². The Morgan fingerprint density at radius 3 is 2.75 bits per heavy atom. The highest BCUT2D eigenvalue weighted by molar-refractivity contribution is 5.81. The van der Waals surface area contributed by atoms with Crippen LogP contribution in [0.4, 0.5) is 0 Å². The van der Waals surface area contributed by atoms with E-state index in [1.54, 1.807) is 7.11 Å². The lowest BCUT2D eigenvalue weighted by Crippen LogP contribution is -2.57. The van der Waals surface area contributed by atoms with E-state index < -0.39 is 0 Å². The van der Waals surface area contributed by atoms with Gasteiger partial charge in [-0.05, 0) is 24.7 Å². The molecule has 0 aromatic heterocycles. The van der Waals surface area contributed by atoms with Gasteiger partial charge in [0.05, 0.1) is 18.7 Å². The lowest BCUT2D eigenvalue weighted by Gasteiger charge is -2.40. The molecule has 1 heterocycles.